The Morgan fingerprint density at radius 1 is 1.28 bits per heavy atom. The van der Waals surface area contributed by atoms with Gasteiger partial charge in [-0.05, 0) is 53.7 Å². The fourth-order valence-electron chi connectivity index (χ4n) is 3.37. The SMILES string of the molecule is COc1ccc(F)c(Br)c1CN1C2CCC1CC2. The Bertz CT molecular complexity index is 445. The molecule has 2 nitrogen and oxygen atoms in total. The number of hydrogen-bond donors (Lipinski definition) is 0. The lowest BCUT2D eigenvalue weighted by Gasteiger charge is -2.23. The van der Waals surface area contributed by atoms with Gasteiger partial charge in [0.15, 0.2) is 0 Å². The third-order valence-electron chi connectivity index (χ3n) is 4.32. The molecule has 0 radical (unpaired) electrons. The van der Waals surface area contributed by atoms with Crippen LogP contribution in [0, 0.1) is 5.82 Å². The normalized spacial score (nSPS) is 26.8. The van der Waals surface area contributed by atoms with Crippen LogP contribution in [0.2, 0.25) is 0 Å². The topological polar surface area (TPSA) is 12.5 Å². The van der Waals surface area contributed by atoms with E-state index in [1.807, 2.05) is 0 Å². The van der Waals surface area contributed by atoms with Crippen molar-refractivity contribution in [2.24, 2.45) is 0 Å². The van der Waals surface area contributed by atoms with Crippen molar-refractivity contribution in [2.75, 3.05) is 7.11 Å². The van der Waals surface area contributed by atoms with E-state index in [1.165, 1.54) is 31.7 Å². The fourth-order valence-corrected chi connectivity index (χ4v) is 3.83. The maximum Gasteiger partial charge on any atom is 0.137 e. The highest BCUT2D eigenvalue weighted by molar-refractivity contribution is 9.10. The molecule has 18 heavy (non-hydrogen) atoms. The van der Waals surface area contributed by atoms with Gasteiger partial charge in [-0.3, -0.25) is 4.90 Å². The van der Waals surface area contributed by atoms with Crippen molar-refractivity contribution in [3.05, 3.63) is 28.0 Å². The zero-order valence-electron chi connectivity index (χ0n) is 10.5. The van der Waals surface area contributed by atoms with Gasteiger partial charge in [-0.1, -0.05) is 0 Å². The molecule has 0 spiro atoms. The summed E-state index contributed by atoms with van der Waals surface area (Å²) in [5, 5.41) is 0. The number of hydrogen-bond acceptors (Lipinski definition) is 2. The van der Waals surface area contributed by atoms with E-state index in [9.17, 15) is 4.39 Å². The highest BCUT2D eigenvalue weighted by Gasteiger charge is 2.39. The Balaban J connectivity index is 1.90. The molecule has 4 heteroatoms. The summed E-state index contributed by atoms with van der Waals surface area (Å²) in [5.41, 5.74) is 0.941. The average Bonchev–Trinajstić information content (AvgIpc) is 2.95. The first-order chi connectivity index (χ1) is 8.70. The molecular formula is C14H17BrFNO. The fraction of sp³-hybridized carbons (Fsp3) is 0.571. The molecule has 2 aliphatic rings. The van der Waals surface area contributed by atoms with E-state index in [1.54, 1.807) is 13.2 Å². The van der Waals surface area contributed by atoms with E-state index in [-0.39, 0.29) is 5.82 Å². The number of halogens is 2. The number of methoxy groups -OCH3 is 1. The van der Waals surface area contributed by atoms with E-state index in [0.717, 1.165) is 17.9 Å². The molecule has 0 amide bonds. The summed E-state index contributed by atoms with van der Waals surface area (Å²) >= 11 is 3.36. The lowest BCUT2D eigenvalue weighted by Crippen LogP contribution is -2.28. The van der Waals surface area contributed by atoms with Crippen LogP contribution in [-0.2, 0) is 6.54 Å². The summed E-state index contributed by atoms with van der Waals surface area (Å²) in [6.45, 7) is 0.789. The van der Waals surface area contributed by atoms with Crippen LogP contribution in [0.1, 0.15) is 31.2 Å². The van der Waals surface area contributed by atoms with Gasteiger partial charge in [0.2, 0.25) is 0 Å². The molecule has 0 aromatic heterocycles. The van der Waals surface area contributed by atoms with Crippen LogP contribution < -0.4 is 4.74 Å². The van der Waals surface area contributed by atoms with Crippen molar-refractivity contribution in [1.82, 2.24) is 4.90 Å². The number of fused-ring (bicyclic) bond motifs is 2. The molecule has 0 N–H and O–H groups in total. The third kappa shape index (κ3) is 1.95. The summed E-state index contributed by atoms with van der Waals surface area (Å²) in [6, 6.07) is 4.54. The first-order valence-corrected chi connectivity index (χ1v) is 7.26. The molecule has 2 aliphatic heterocycles. The molecule has 2 saturated heterocycles. The summed E-state index contributed by atoms with van der Waals surface area (Å²) in [7, 11) is 1.64. The lowest BCUT2D eigenvalue weighted by atomic mass is 10.0. The minimum Gasteiger partial charge on any atom is -0.496 e. The van der Waals surface area contributed by atoms with E-state index >= 15 is 0 Å². The van der Waals surface area contributed by atoms with Gasteiger partial charge in [0.25, 0.3) is 0 Å². The molecule has 0 aliphatic carbocycles. The quantitative estimate of drug-likeness (QED) is 0.843. The van der Waals surface area contributed by atoms with Crippen LogP contribution >= 0.6 is 15.9 Å². The molecule has 2 fully saturated rings. The minimum atomic E-state index is -0.211. The first-order valence-electron chi connectivity index (χ1n) is 6.47. The van der Waals surface area contributed by atoms with Crippen molar-refractivity contribution >= 4 is 15.9 Å². The maximum atomic E-state index is 13.7. The molecule has 3 rings (SSSR count). The molecule has 1 aromatic rings. The molecule has 0 saturated carbocycles. The van der Waals surface area contributed by atoms with Crippen molar-refractivity contribution in [3.63, 3.8) is 0 Å². The van der Waals surface area contributed by atoms with Crippen LogP contribution in [0.3, 0.4) is 0 Å². The summed E-state index contributed by atoms with van der Waals surface area (Å²) in [4.78, 5) is 2.52. The van der Waals surface area contributed by atoms with Crippen molar-refractivity contribution < 1.29 is 9.13 Å². The summed E-state index contributed by atoms with van der Waals surface area (Å²) in [5.74, 6) is 0.562. The largest absolute Gasteiger partial charge is 0.496 e. The summed E-state index contributed by atoms with van der Waals surface area (Å²) < 4.78 is 19.6. The zero-order valence-corrected chi connectivity index (χ0v) is 12.0. The highest BCUT2D eigenvalue weighted by Crippen LogP contribution is 2.40. The minimum absolute atomic E-state index is 0.211. The van der Waals surface area contributed by atoms with Gasteiger partial charge in [0.05, 0.1) is 11.6 Å². The molecule has 0 unspecified atom stereocenters. The monoisotopic (exact) mass is 313 g/mol. The second-order valence-electron chi connectivity index (χ2n) is 5.18. The first kappa shape index (κ1) is 12.4. The zero-order chi connectivity index (χ0) is 12.7. The Labute approximate surface area is 115 Å². The Kier molecular flexibility index (Phi) is 3.32. The van der Waals surface area contributed by atoms with E-state index in [2.05, 4.69) is 20.8 Å². The van der Waals surface area contributed by atoms with Gasteiger partial charge in [-0.2, -0.15) is 0 Å². The van der Waals surface area contributed by atoms with Gasteiger partial charge in [0, 0.05) is 24.2 Å². The van der Waals surface area contributed by atoms with Crippen LogP contribution in [0.4, 0.5) is 4.39 Å². The van der Waals surface area contributed by atoms with Gasteiger partial charge >= 0.3 is 0 Å². The van der Waals surface area contributed by atoms with Gasteiger partial charge in [-0.25, -0.2) is 4.39 Å². The molecule has 0 atom stereocenters. The average molecular weight is 314 g/mol. The molecule has 1 aromatic carbocycles. The Morgan fingerprint density at radius 2 is 1.89 bits per heavy atom. The molecule has 2 bridgehead atoms. The van der Waals surface area contributed by atoms with Crippen LogP contribution in [-0.4, -0.2) is 24.1 Å². The van der Waals surface area contributed by atoms with Crippen LogP contribution in [0.5, 0.6) is 5.75 Å². The highest BCUT2D eigenvalue weighted by atomic mass is 79.9. The van der Waals surface area contributed by atoms with Gasteiger partial charge < -0.3 is 4.74 Å². The smallest absolute Gasteiger partial charge is 0.137 e. The number of ether oxygens (including phenoxy) is 1. The third-order valence-corrected chi connectivity index (χ3v) is 5.18. The van der Waals surface area contributed by atoms with Gasteiger partial charge in [0.1, 0.15) is 11.6 Å². The van der Waals surface area contributed by atoms with E-state index in [4.69, 9.17) is 4.74 Å². The molecule has 98 valence electrons. The Hall–Kier alpha value is -0.610. The molecule has 2 heterocycles. The van der Waals surface area contributed by atoms with Crippen molar-refractivity contribution in [2.45, 2.75) is 44.3 Å². The van der Waals surface area contributed by atoms with E-state index in [0.29, 0.717) is 16.6 Å². The maximum absolute atomic E-state index is 13.7. The van der Waals surface area contributed by atoms with Crippen molar-refractivity contribution in [1.29, 1.82) is 0 Å². The molecular weight excluding hydrogens is 297 g/mol. The van der Waals surface area contributed by atoms with Crippen LogP contribution in [0.25, 0.3) is 0 Å². The standard InChI is InChI=1S/C14H17BrFNO/c1-18-13-7-6-12(16)14(15)11(13)8-17-9-2-3-10(17)5-4-9/h6-7,9-10H,2-5,8H2,1H3. The number of rotatable bonds is 3. The second-order valence-corrected chi connectivity index (χ2v) is 5.97. The lowest BCUT2D eigenvalue weighted by molar-refractivity contribution is 0.239. The predicted molar refractivity (Wildman–Crippen MR) is 72.2 cm³/mol. The van der Waals surface area contributed by atoms with Gasteiger partial charge in [-0.15, -0.1) is 0 Å². The number of nitrogens with zero attached hydrogens (tertiary/aromatic N) is 1. The van der Waals surface area contributed by atoms with Crippen molar-refractivity contribution in [3.8, 4) is 5.75 Å². The predicted octanol–water partition coefficient (Wildman–Crippen LogP) is 3.72. The Morgan fingerprint density at radius 3 is 2.44 bits per heavy atom. The number of benzene rings is 1. The summed E-state index contributed by atoms with van der Waals surface area (Å²) in [6.07, 6.45) is 5.17. The second kappa shape index (κ2) is 4.82. The van der Waals surface area contributed by atoms with Crippen LogP contribution in [0.15, 0.2) is 16.6 Å². The van der Waals surface area contributed by atoms with E-state index < -0.39 is 0 Å².